The van der Waals surface area contributed by atoms with Gasteiger partial charge in [-0.05, 0) is 6.42 Å². The number of carbonyl (C=O) groups is 1. The Kier molecular flexibility index (Phi) is 5.34. The number of hydrogen-bond donors (Lipinski definition) is 1. The van der Waals surface area contributed by atoms with Crippen molar-refractivity contribution in [1.82, 2.24) is 9.78 Å². The second kappa shape index (κ2) is 6.33. The van der Waals surface area contributed by atoms with Gasteiger partial charge in [0.15, 0.2) is 0 Å². The summed E-state index contributed by atoms with van der Waals surface area (Å²) >= 11 is 6.14. The van der Waals surface area contributed by atoms with Crippen LogP contribution >= 0.6 is 11.6 Å². The summed E-state index contributed by atoms with van der Waals surface area (Å²) in [5, 5.41) is 13.5. The van der Waals surface area contributed by atoms with Gasteiger partial charge in [-0.3, -0.25) is 13.7 Å². The minimum atomic E-state index is -1.26. The van der Waals surface area contributed by atoms with Gasteiger partial charge in [0, 0.05) is 23.6 Å². The van der Waals surface area contributed by atoms with Crippen LogP contribution in [-0.4, -0.2) is 30.8 Å². The van der Waals surface area contributed by atoms with Gasteiger partial charge in [-0.25, -0.2) is 0 Å². The van der Waals surface area contributed by atoms with E-state index in [0.717, 1.165) is 5.69 Å². The monoisotopic (exact) mass is 292 g/mol. The fraction of sp³-hybridized carbons (Fsp3) is 0.636. The van der Waals surface area contributed by atoms with Crippen LogP contribution < -0.4 is 0 Å². The summed E-state index contributed by atoms with van der Waals surface area (Å²) in [7, 11) is 0.491. The van der Waals surface area contributed by atoms with Gasteiger partial charge in [-0.2, -0.15) is 5.10 Å². The SMILES string of the molecule is CCc1nn(C)c(CS(=O)CC(C)C(=O)O)c1Cl. The van der Waals surface area contributed by atoms with Crippen molar-refractivity contribution in [3.05, 3.63) is 16.4 Å². The van der Waals surface area contributed by atoms with Crippen molar-refractivity contribution in [3.8, 4) is 0 Å². The van der Waals surface area contributed by atoms with Crippen molar-refractivity contribution in [1.29, 1.82) is 0 Å². The molecule has 1 rings (SSSR count). The Morgan fingerprint density at radius 3 is 2.67 bits per heavy atom. The number of halogens is 1. The fourth-order valence-corrected chi connectivity index (χ4v) is 3.43. The predicted molar refractivity (Wildman–Crippen MR) is 71.1 cm³/mol. The molecule has 0 fully saturated rings. The summed E-state index contributed by atoms with van der Waals surface area (Å²) < 4.78 is 13.5. The van der Waals surface area contributed by atoms with E-state index in [4.69, 9.17) is 16.7 Å². The lowest BCUT2D eigenvalue weighted by Gasteiger charge is -2.06. The van der Waals surface area contributed by atoms with Gasteiger partial charge in [-0.1, -0.05) is 25.4 Å². The Balaban J connectivity index is 2.76. The summed E-state index contributed by atoms with van der Waals surface area (Å²) in [6, 6.07) is 0. The zero-order chi connectivity index (χ0) is 13.9. The van der Waals surface area contributed by atoms with Gasteiger partial charge in [0.25, 0.3) is 0 Å². The van der Waals surface area contributed by atoms with Gasteiger partial charge < -0.3 is 5.11 Å². The Morgan fingerprint density at radius 2 is 2.22 bits per heavy atom. The second-order valence-electron chi connectivity index (χ2n) is 4.17. The lowest BCUT2D eigenvalue weighted by Crippen LogP contribution is -2.18. The summed E-state index contributed by atoms with van der Waals surface area (Å²) in [4.78, 5) is 10.7. The molecule has 0 aromatic carbocycles. The highest BCUT2D eigenvalue weighted by molar-refractivity contribution is 7.84. The number of aryl methyl sites for hydroxylation is 2. The predicted octanol–water partition coefficient (Wildman–Crippen LogP) is 1.61. The largest absolute Gasteiger partial charge is 0.481 e. The van der Waals surface area contributed by atoms with Crippen LogP contribution in [0.25, 0.3) is 0 Å². The van der Waals surface area contributed by atoms with E-state index < -0.39 is 22.7 Å². The number of aromatic nitrogens is 2. The lowest BCUT2D eigenvalue weighted by atomic mass is 10.2. The second-order valence-corrected chi connectivity index (χ2v) is 6.05. The molecule has 7 heteroatoms. The first-order valence-electron chi connectivity index (χ1n) is 5.64. The maximum atomic E-state index is 11.9. The molecule has 1 N–H and O–H groups in total. The van der Waals surface area contributed by atoms with Gasteiger partial charge >= 0.3 is 5.97 Å². The van der Waals surface area contributed by atoms with Crippen molar-refractivity contribution < 1.29 is 14.1 Å². The van der Waals surface area contributed by atoms with E-state index in [2.05, 4.69) is 5.10 Å². The molecule has 1 aromatic heterocycles. The van der Waals surface area contributed by atoms with Crippen LogP contribution in [0.4, 0.5) is 0 Å². The first-order chi connectivity index (χ1) is 8.36. The van der Waals surface area contributed by atoms with Crippen LogP contribution in [0, 0.1) is 5.92 Å². The molecule has 1 heterocycles. The van der Waals surface area contributed by atoms with E-state index in [9.17, 15) is 9.00 Å². The minimum absolute atomic E-state index is 0.123. The van der Waals surface area contributed by atoms with Crippen molar-refractivity contribution >= 4 is 28.4 Å². The summed E-state index contributed by atoms with van der Waals surface area (Å²) in [5.41, 5.74) is 1.47. The molecule has 0 aliphatic carbocycles. The molecular formula is C11H17ClN2O3S. The van der Waals surface area contributed by atoms with Crippen LogP contribution in [-0.2, 0) is 34.8 Å². The first-order valence-corrected chi connectivity index (χ1v) is 7.51. The smallest absolute Gasteiger partial charge is 0.307 e. The van der Waals surface area contributed by atoms with Crippen LogP contribution in [0.2, 0.25) is 5.02 Å². The highest BCUT2D eigenvalue weighted by Gasteiger charge is 2.19. The van der Waals surface area contributed by atoms with E-state index in [1.165, 1.54) is 0 Å². The maximum Gasteiger partial charge on any atom is 0.307 e. The van der Waals surface area contributed by atoms with Crippen molar-refractivity contribution in [2.75, 3.05) is 5.75 Å². The standard InChI is InChI=1S/C11H17ClN2O3S/c1-4-8-10(12)9(14(3)13-8)6-18(17)5-7(2)11(15)16/h7H,4-6H2,1-3H3,(H,15,16). The Labute approximate surface area is 114 Å². The molecule has 0 bridgehead atoms. The number of rotatable bonds is 6. The molecule has 0 spiro atoms. The third-order valence-electron chi connectivity index (χ3n) is 2.66. The normalized spacial score (nSPS) is 14.4. The quantitative estimate of drug-likeness (QED) is 0.864. The molecule has 2 unspecified atom stereocenters. The molecule has 2 atom stereocenters. The number of aliphatic carboxylic acids is 1. The molecule has 0 aliphatic rings. The number of carboxylic acids is 1. The highest BCUT2D eigenvalue weighted by Crippen LogP contribution is 2.22. The van der Waals surface area contributed by atoms with Gasteiger partial charge in [-0.15, -0.1) is 0 Å². The minimum Gasteiger partial charge on any atom is -0.481 e. The third kappa shape index (κ3) is 3.55. The average molecular weight is 293 g/mol. The molecule has 102 valence electrons. The Hall–Kier alpha value is -0.880. The maximum absolute atomic E-state index is 11.9. The topological polar surface area (TPSA) is 72.2 Å². The zero-order valence-electron chi connectivity index (χ0n) is 10.6. The molecule has 0 saturated carbocycles. The van der Waals surface area contributed by atoms with Gasteiger partial charge in [0.1, 0.15) is 0 Å². The third-order valence-corrected chi connectivity index (χ3v) is 4.56. The van der Waals surface area contributed by atoms with Crippen LogP contribution in [0.15, 0.2) is 0 Å². The first kappa shape index (κ1) is 15.2. The molecule has 1 aromatic rings. The number of carboxylic acid groups (broad SMARTS) is 1. The molecule has 5 nitrogen and oxygen atoms in total. The van der Waals surface area contributed by atoms with E-state index in [-0.39, 0.29) is 11.5 Å². The number of nitrogens with zero attached hydrogens (tertiary/aromatic N) is 2. The fourth-order valence-electron chi connectivity index (χ4n) is 1.54. The van der Waals surface area contributed by atoms with E-state index in [0.29, 0.717) is 17.1 Å². The highest BCUT2D eigenvalue weighted by atomic mass is 35.5. The van der Waals surface area contributed by atoms with Crippen molar-refractivity contribution in [2.45, 2.75) is 26.0 Å². The van der Waals surface area contributed by atoms with Crippen LogP contribution in [0.3, 0.4) is 0 Å². The lowest BCUT2D eigenvalue weighted by molar-refractivity contribution is -0.140. The Bertz CT molecular complexity index is 473. The van der Waals surface area contributed by atoms with Crippen LogP contribution in [0.1, 0.15) is 25.2 Å². The molecule has 0 saturated heterocycles. The zero-order valence-corrected chi connectivity index (χ0v) is 12.2. The molecular weight excluding hydrogens is 276 g/mol. The van der Waals surface area contributed by atoms with E-state index in [1.807, 2.05) is 6.92 Å². The Morgan fingerprint density at radius 1 is 1.61 bits per heavy atom. The van der Waals surface area contributed by atoms with E-state index >= 15 is 0 Å². The van der Waals surface area contributed by atoms with Gasteiger partial charge in [0.2, 0.25) is 0 Å². The van der Waals surface area contributed by atoms with E-state index in [1.54, 1.807) is 18.7 Å². The number of hydrogen-bond acceptors (Lipinski definition) is 3. The molecule has 0 radical (unpaired) electrons. The summed E-state index contributed by atoms with van der Waals surface area (Å²) in [6.07, 6.45) is 0.713. The molecule has 18 heavy (non-hydrogen) atoms. The van der Waals surface area contributed by atoms with Crippen LogP contribution in [0.5, 0.6) is 0 Å². The molecule has 0 aliphatic heterocycles. The average Bonchev–Trinajstić information content (AvgIpc) is 2.56. The van der Waals surface area contributed by atoms with Crippen molar-refractivity contribution in [2.24, 2.45) is 13.0 Å². The van der Waals surface area contributed by atoms with Gasteiger partial charge in [0.05, 0.1) is 28.1 Å². The summed E-state index contributed by atoms with van der Waals surface area (Å²) in [5.74, 6) is -1.20. The summed E-state index contributed by atoms with van der Waals surface area (Å²) in [6.45, 7) is 3.49. The molecule has 0 amide bonds. The van der Waals surface area contributed by atoms with Crippen molar-refractivity contribution in [3.63, 3.8) is 0 Å².